The van der Waals surface area contributed by atoms with Gasteiger partial charge in [-0.3, -0.25) is 4.79 Å². The van der Waals surface area contributed by atoms with Gasteiger partial charge in [-0.25, -0.2) is 14.7 Å². The number of carbonyl (C=O) groups excluding carboxylic acids is 2. The number of hydrogen-bond acceptors (Lipinski definition) is 5. The van der Waals surface area contributed by atoms with Gasteiger partial charge >= 0.3 is 6.03 Å². The number of hydrogen-bond donors (Lipinski definition) is 1. The van der Waals surface area contributed by atoms with E-state index in [0.29, 0.717) is 34.7 Å². The number of anilines is 3. The molecule has 1 atom stereocenters. The third kappa shape index (κ3) is 4.52. The van der Waals surface area contributed by atoms with Crippen molar-refractivity contribution in [2.45, 2.75) is 31.7 Å². The largest absolute Gasteiger partial charge is 0.330 e. The SMILES string of the molecule is CN1CCC(N(C)CC2CCCN(C(=O)N3c4ccccc4NC(=O)c4cccnc43)C2)CC1. The van der Waals surface area contributed by atoms with E-state index in [2.05, 4.69) is 34.2 Å². The highest BCUT2D eigenvalue weighted by Gasteiger charge is 2.35. The molecule has 0 bridgehead atoms. The zero-order valence-corrected chi connectivity index (χ0v) is 20.1. The number of para-hydroxylation sites is 2. The Morgan fingerprint density at radius 2 is 1.91 bits per heavy atom. The summed E-state index contributed by atoms with van der Waals surface area (Å²) in [5.74, 6) is 0.579. The fraction of sp³-hybridized carbons (Fsp3) is 0.500. The number of aromatic nitrogens is 1. The number of benzene rings is 1. The van der Waals surface area contributed by atoms with Gasteiger partial charge in [0, 0.05) is 31.9 Å². The molecule has 0 spiro atoms. The molecular weight excluding hydrogens is 428 g/mol. The van der Waals surface area contributed by atoms with E-state index >= 15 is 0 Å². The van der Waals surface area contributed by atoms with Gasteiger partial charge in [0.05, 0.1) is 16.9 Å². The zero-order chi connectivity index (χ0) is 23.7. The van der Waals surface area contributed by atoms with Crippen molar-refractivity contribution in [3.8, 4) is 0 Å². The van der Waals surface area contributed by atoms with E-state index in [-0.39, 0.29) is 11.9 Å². The maximum atomic E-state index is 14.0. The number of amides is 3. The highest BCUT2D eigenvalue weighted by atomic mass is 16.2. The number of nitrogens with one attached hydrogen (secondary N) is 1. The van der Waals surface area contributed by atoms with Crippen LogP contribution in [0, 0.1) is 5.92 Å². The van der Waals surface area contributed by atoms with E-state index in [4.69, 9.17) is 0 Å². The Labute approximate surface area is 201 Å². The minimum atomic E-state index is -0.248. The topological polar surface area (TPSA) is 72.0 Å². The molecule has 8 nitrogen and oxygen atoms in total. The predicted molar refractivity (Wildman–Crippen MR) is 134 cm³/mol. The monoisotopic (exact) mass is 462 g/mol. The molecule has 2 saturated heterocycles. The Hall–Kier alpha value is -2.97. The van der Waals surface area contributed by atoms with E-state index < -0.39 is 0 Å². The van der Waals surface area contributed by atoms with E-state index in [1.807, 2.05) is 29.2 Å². The van der Waals surface area contributed by atoms with Crippen molar-refractivity contribution in [1.29, 1.82) is 0 Å². The summed E-state index contributed by atoms with van der Waals surface area (Å²) in [5.41, 5.74) is 1.68. The van der Waals surface area contributed by atoms with E-state index in [9.17, 15) is 9.59 Å². The lowest BCUT2D eigenvalue weighted by atomic mass is 9.95. The lowest BCUT2D eigenvalue weighted by Gasteiger charge is -2.40. The summed E-state index contributed by atoms with van der Waals surface area (Å²) in [6, 6.07) is 11.4. The van der Waals surface area contributed by atoms with Crippen LogP contribution in [-0.4, -0.2) is 84.5 Å². The van der Waals surface area contributed by atoms with Gasteiger partial charge in [0.15, 0.2) is 5.82 Å². The number of carbonyl (C=O) groups is 2. The molecule has 3 aliphatic rings. The predicted octanol–water partition coefficient (Wildman–Crippen LogP) is 3.64. The number of fused-ring (bicyclic) bond motifs is 2. The highest BCUT2D eigenvalue weighted by Crippen LogP contribution is 2.37. The number of pyridine rings is 1. The van der Waals surface area contributed by atoms with Gasteiger partial charge in [-0.05, 0) is 83.1 Å². The van der Waals surface area contributed by atoms with Crippen molar-refractivity contribution in [2.75, 3.05) is 57.0 Å². The van der Waals surface area contributed by atoms with E-state index in [1.165, 1.54) is 12.8 Å². The van der Waals surface area contributed by atoms with Crippen LogP contribution in [0.15, 0.2) is 42.6 Å². The smallest absolute Gasteiger partial charge is 0.324 e. The first-order chi connectivity index (χ1) is 16.5. The Balaban J connectivity index is 1.36. The lowest BCUT2D eigenvalue weighted by molar-refractivity contribution is 0.102. The number of rotatable bonds is 3. The molecule has 4 heterocycles. The summed E-state index contributed by atoms with van der Waals surface area (Å²) in [7, 11) is 4.43. The molecule has 1 aromatic heterocycles. The van der Waals surface area contributed by atoms with Crippen molar-refractivity contribution in [3.05, 3.63) is 48.2 Å². The van der Waals surface area contributed by atoms with E-state index in [0.717, 1.165) is 45.6 Å². The first kappa shape index (κ1) is 22.8. The third-order valence-electron chi connectivity index (χ3n) is 7.47. The second-order valence-electron chi connectivity index (χ2n) is 9.89. The molecule has 3 amide bonds. The van der Waals surface area contributed by atoms with Crippen LogP contribution in [0.1, 0.15) is 36.0 Å². The first-order valence-corrected chi connectivity index (χ1v) is 12.3. The van der Waals surface area contributed by atoms with Crippen molar-refractivity contribution in [2.24, 2.45) is 5.92 Å². The fourth-order valence-electron chi connectivity index (χ4n) is 5.55. The van der Waals surface area contributed by atoms with Gasteiger partial charge < -0.3 is 20.0 Å². The van der Waals surface area contributed by atoms with Crippen LogP contribution in [0.4, 0.5) is 22.0 Å². The summed E-state index contributed by atoms with van der Waals surface area (Å²) in [6.45, 7) is 4.74. The minimum absolute atomic E-state index is 0.115. The molecule has 0 radical (unpaired) electrons. The van der Waals surface area contributed by atoms with Crippen molar-refractivity contribution < 1.29 is 9.59 Å². The summed E-state index contributed by atoms with van der Waals surface area (Å²) in [4.78, 5) is 39.7. The molecule has 180 valence electrons. The lowest BCUT2D eigenvalue weighted by Crippen LogP contribution is -2.50. The van der Waals surface area contributed by atoms with Crippen LogP contribution in [0.2, 0.25) is 0 Å². The van der Waals surface area contributed by atoms with Gasteiger partial charge in [0.2, 0.25) is 0 Å². The molecule has 1 unspecified atom stereocenters. The Bertz CT molecular complexity index is 1050. The van der Waals surface area contributed by atoms with Crippen molar-refractivity contribution in [3.63, 3.8) is 0 Å². The number of urea groups is 1. The normalized spacial score (nSPS) is 21.6. The molecule has 0 aliphatic carbocycles. The summed E-state index contributed by atoms with van der Waals surface area (Å²) >= 11 is 0. The second-order valence-corrected chi connectivity index (χ2v) is 9.89. The number of likely N-dealkylation sites (tertiary alicyclic amines) is 2. The Kier molecular flexibility index (Phi) is 6.52. The molecule has 1 N–H and O–H groups in total. The van der Waals surface area contributed by atoms with Gasteiger partial charge in [-0.15, -0.1) is 0 Å². The molecule has 34 heavy (non-hydrogen) atoms. The highest BCUT2D eigenvalue weighted by molar-refractivity contribution is 6.16. The van der Waals surface area contributed by atoms with Gasteiger partial charge in [-0.1, -0.05) is 12.1 Å². The van der Waals surface area contributed by atoms with Crippen LogP contribution in [-0.2, 0) is 0 Å². The van der Waals surface area contributed by atoms with Crippen LogP contribution in [0.3, 0.4) is 0 Å². The van der Waals surface area contributed by atoms with Gasteiger partial charge in [-0.2, -0.15) is 0 Å². The van der Waals surface area contributed by atoms with Crippen LogP contribution < -0.4 is 10.2 Å². The molecule has 5 rings (SSSR count). The summed E-state index contributed by atoms with van der Waals surface area (Å²) in [6.07, 6.45) is 6.16. The molecule has 1 aromatic carbocycles. The van der Waals surface area contributed by atoms with E-state index in [1.54, 1.807) is 23.2 Å². The average Bonchev–Trinajstić information content (AvgIpc) is 2.98. The van der Waals surface area contributed by atoms with Gasteiger partial charge in [0.25, 0.3) is 5.91 Å². The molecular formula is C26H34N6O2. The Morgan fingerprint density at radius 3 is 2.74 bits per heavy atom. The molecule has 2 fully saturated rings. The standard InChI is InChI=1S/C26H34N6O2/c1-29-15-11-20(12-16-29)30(2)17-19-7-6-14-31(18-19)26(34)32-23-10-4-3-9-22(23)28-25(33)21-8-5-13-27-24(21)32/h3-5,8-10,13,19-20H,6-7,11-12,14-18H2,1-2H3,(H,28,33). The maximum Gasteiger partial charge on any atom is 0.330 e. The minimum Gasteiger partial charge on any atom is -0.324 e. The third-order valence-corrected chi connectivity index (χ3v) is 7.47. The quantitative estimate of drug-likeness (QED) is 0.754. The molecule has 8 heteroatoms. The average molecular weight is 463 g/mol. The Morgan fingerprint density at radius 1 is 1.12 bits per heavy atom. The number of piperidine rings is 2. The molecule has 2 aromatic rings. The molecule has 0 saturated carbocycles. The zero-order valence-electron chi connectivity index (χ0n) is 20.1. The van der Waals surface area contributed by atoms with Crippen LogP contribution in [0.25, 0.3) is 0 Å². The van der Waals surface area contributed by atoms with Crippen molar-refractivity contribution in [1.82, 2.24) is 19.7 Å². The van der Waals surface area contributed by atoms with Crippen molar-refractivity contribution >= 4 is 29.1 Å². The van der Waals surface area contributed by atoms with Crippen LogP contribution >= 0.6 is 0 Å². The van der Waals surface area contributed by atoms with Crippen LogP contribution in [0.5, 0.6) is 0 Å². The fourth-order valence-corrected chi connectivity index (χ4v) is 5.55. The van der Waals surface area contributed by atoms with Gasteiger partial charge in [0.1, 0.15) is 0 Å². The first-order valence-electron chi connectivity index (χ1n) is 12.3. The second kappa shape index (κ2) is 9.72. The number of nitrogens with zero attached hydrogens (tertiary/aromatic N) is 5. The summed E-state index contributed by atoms with van der Waals surface area (Å²) in [5, 5.41) is 2.94. The summed E-state index contributed by atoms with van der Waals surface area (Å²) < 4.78 is 0. The maximum absolute atomic E-state index is 14.0. The molecule has 3 aliphatic heterocycles.